The molecule has 0 aliphatic rings. The Morgan fingerprint density at radius 2 is 1.78 bits per heavy atom. The zero-order valence-corrected chi connectivity index (χ0v) is 11.9. The van der Waals surface area contributed by atoms with Crippen LogP contribution in [-0.2, 0) is 9.47 Å². The lowest BCUT2D eigenvalue weighted by molar-refractivity contribution is -0.117. The molecule has 1 atom stereocenters. The smallest absolute Gasteiger partial charge is 0.251 e. The predicted molar refractivity (Wildman–Crippen MR) is 73.0 cm³/mol. The van der Waals surface area contributed by atoms with Gasteiger partial charge >= 0.3 is 0 Å². The molecule has 0 saturated heterocycles. The monoisotopic (exact) mass is 269 g/mol. The van der Waals surface area contributed by atoms with E-state index in [-0.39, 0.29) is 11.9 Å². The van der Waals surface area contributed by atoms with Crippen LogP contribution in [0.5, 0.6) is 0 Å². The Labute approximate surface area is 112 Å². The van der Waals surface area contributed by atoms with Crippen molar-refractivity contribution in [3.8, 4) is 0 Å². The highest BCUT2D eigenvalue weighted by molar-refractivity contribution is 7.98. The maximum Gasteiger partial charge on any atom is 0.251 e. The number of hydrogen-bond acceptors (Lipinski definition) is 4. The number of carbonyl (C=O) groups is 1. The number of benzene rings is 1. The van der Waals surface area contributed by atoms with Crippen molar-refractivity contribution in [1.82, 2.24) is 5.32 Å². The molecule has 4 nitrogen and oxygen atoms in total. The summed E-state index contributed by atoms with van der Waals surface area (Å²) in [5, 5.41) is 2.84. The van der Waals surface area contributed by atoms with E-state index in [1.165, 1.54) is 0 Å². The number of rotatable bonds is 6. The molecule has 0 aliphatic heterocycles. The summed E-state index contributed by atoms with van der Waals surface area (Å²) in [5.74, 6) is -0.130. The van der Waals surface area contributed by atoms with Gasteiger partial charge in [-0.15, -0.1) is 11.8 Å². The maximum absolute atomic E-state index is 12.0. The number of hydrogen-bond donors (Lipinski definition) is 1. The number of nitrogens with one attached hydrogen (secondary N) is 1. The van der Waals surface area contributed by atoms with Crippen LogP contribution in [0.3, 0.4) is 0 Å². The summed E-state index contributed by atoms with van der Waals surface area (Å²) in [6.07, 6.45) is 1.55. The summed E-state index contributed by atoms with van der Waals surface area (Å²) in [7, 11) is 3.09. The van der Waals surface area contributed by atoms with Crippen LogP contribution in [0.4, 0.5) is 0 Å². The Balaban J connectivity index is 2.64. The van der Waals surface area contributed by atoms with Gasteiger partial charge in [0.25, 0.3) is 5.91 Å². The molecule has 18 heavy (non-hydrogen) atoms. The minimum Gasteiger partial charge on any atom is -0.354 e. The van der Waals surface area contributed by atoms with E-state index in [2.05, 4.69) is 5.32 Å². The number of thioether (sulfide) groups is 1. The molecule has 1 rings (SSSR count). The van der Waals surface area contributed by atoms with Gasteiger partial charge in [0, 0.05) is 24.7 Å². The van der Waals surface area contributed by atoms with Gasteiger partial charge in [-0.1, -0.05) is 0 Å². The molecule has 1 amide bonds. The largest absolute Gasteiger partial charge is 0.354 e. The second-order valence-corrected chi connectivity index (χ2v) is 4.71. The fourth-order valence-corrected chi connectivity index (χ4v) is 2.01. The van der Waals surface area contributed by atoms with Crippen LogP contribution in [0.1, 0.15) is 17.3 Å². The zero-order valence-electron chi connectivity index (χ0n) is 11.1. The van der Waals surface area contributed by atoms with Gasteiger partial charge in [0.05, 0.1) is 6.04 Å². The van der Waals surface area contributed by atoms with Crippen LogP contribution in [0.15, 0.2) is 29.2 Å². The third-order valence-electron chi connectivity index (χ3n) is 2.58. The van der Waals surface area contributed by atoms with Crippen molar-refractivity contribution in [1.29, 1.82) is 0 Å². The molecule has 0 radical (unpaired) electrons. The van der Waals surface area contributed by atoms with Crippen LogP contribution in [-0.4, -0.2) is 38.7 Å². The normalized spacial score (nSPS) is 12.5. The van der Waals surface area contributed by atoms with E-state index in [1.807, 2.05) is 37.4 Å². The zero-order chi connectivity index (χ0) is 13.5. The summed E-state index contributed by atoms with van der Waals surface area (Å²) in [5.41, 5.74) is 0.630. The molecule has 1 aromatic rings. The quantitative estimate of drug-likeness (QED) is 0.635. The van der Waals surface area contributed by atoms with Crippen LogP contribution in [0, 0.1) is 0 Å². The summed E-state index contributed by atoms with van der Waals surface area (Å²) >= 11 is 1.64. The van der Waals surface area contributed by atoms with Crippen molar-refractivity contribution >= 4 is 17.7 Å². The third kappa shape index (κ3) is 4.01. The van der Waals surface area contributed by atoms with Gasteiger partial charge in [-0.05, 0) is 37.4 Å². The third-order valence-corrected chi connectivity index (χ3v) is 3.33. The predicted octanol–water partition coefficient (Wildman–Crippen LogP) is 2.15. The molecule has 100 valence electrons. The Hall–Kier alpha value is -1.04. The van der Waals surface area contributed by atoms with E-state index in [0.29, 0.717) is 5.56 Å². The molecule has 0 spiro atoms. The fourth-order valence-electron chi connectivity index (χ4n) is 1.61. The van der Waals surface area contributed by atoms with Crippen LogP contribution in [0.2, 0.25) is 0 Å². The summed E-state index contributed by atoms with van der Waals surface area (Å²) in [6, 6.07) is 7.25. The molecule has 1 unspecified atom stereocenters. The molecule has 0 bridgehead atoms. The van der Waals surface area contributed by atoms with Gasteiger partial charge in [-0.3, -0.25) is 4.79 Å². The van der Waals surface area contributed by atoms with Gasteiger partial charge < -0.3 is 14.8 Å². The van der Waals surface area contributed by atoms with Crippen molar-refractivity contribution in [2.24, 2.45) is 0 Å². The molecule has 5 heteroatoms. The molecule has 1 N–H and O–H groups in total. The van der Waals surface area contributed by atoms with Crippen LogP contribution < -0.4 is 5.32 Å². The van der Waals surface area contributed by atoms with E-state index in [0.717, 1.165) is 4.90 Å². The second kappa shape index (κ2) is 7.41. The van der Waals surface area contributed by atoms with E-state index >= 15 is 0 Å². The molecule has 1 aromatic carbocycles. The Morgan fingerprint density at radius 1 is 1.22 bits per heavy atom. The molecular weight excluding hydrogens is 250 g/mol. The van der Waals surface area contributed by atoms with E-state index < -0.39 is 6.29 Å². The van der Waals surface area contributed by atoms with Gasteiger partial charge in [-0.25, -0.2) is 0 Å². The van der Waals surface area contributed by atoms with Crippen LogP contribution >= 0.6 is 11.8 Å². The number of amides is 1. The molecule has 0 heterocycles. The minimum absolute atomic E-state index is 0.130. The van der Waals surface area contributed by atoms with Crippen molar-refractivity contribution in [2.75, 3.05) is 20.5 Å². The van der Waals surface area contributed by atoms with Gasteiger partial charge in [0.15, 0.2) is 6.29 Å². The molecule has 0 saturated carbocycles. The average Bonchev–Trinajstić information content (AvgIpc) is 2.40. The van der Waals surface area contributed by atoms with Crippen molar-refractivity contribution in [3.05, 3.63) is 29.8 Å². The van der Waals surface area contributed by atoms with Crippen molar-refractivity contribution < 1.29 is 14.3 Å². The highest BCUT2D eigenvalue weighted by Gasteiger charge is 2.18. The lowest BCUT2D eigenvalue weighted by atomic mass is 10.2. The first-order chi connectivity index (χ1) is 8.62. The first-order valence-corrected chi connectivity index (χ1v) is 6.85. The number of ether oxygens (including phenoxy) is 2. The van der Waals surface area contributed by atoms with E-state index in [4.69, 9.17) is 9.47 Å². The Bertz CT molecular complexity index is 376. The number of carbonyl (C=O) groups excluding carboxylic acids is 1. The highest BCUT2D eigenvalue weighted by atomic mass is 32.2. The van der Waals surface area contributed by atoms with Gasteiger partial charge in [0.2, 0.25) is 0 Å². The van der Waals surface area contributed by atoms with E-state index in [1.54, 1.807) is 26.0 Å². The minimum atomic E-state index is -0.445. The SMILES string of the molecule is COC(OC)C(C)NC(=O)c1ccc(SC)cc1. The maximum atomic E-state index is 12.0. The first-order valence-electron chi connectivity index (χ1n) is 5.63. The average molecular weight is 269 g/mol. The van der Waals surface area contributed by atoms with Crippen molar-refractivity contribution in [2.45, 2.75) is 24.2 Å². The number of methoxy groups -OCH3 is 2. The van der Waals surface area contributed by atoms with Crippen molar-refractivity contribution in [3.63, 3.8) is 0 Å². The fraction of sp³-hybridized carbons (Fsp3) is 0.462. The summed E-state index contributed by atoms with van der Waals surface area (Å²) in [6.45, 7) is 1.84. The molecule has 0 fully saturated rings. The topological polar surface area (TPSA) is 47.6 Å². The second-order valence-electron chi connectivity index (χ2n) is 3.83. The Morgan fingerprint density at radius 3 is 2.22 bits per heavy atom. The molecule has 0 aromatic heterocycles. The highest BCUT2D eigenvalue weighted by Crippen LogP contribution is 2.15. The summed E-state index contributed by atoms with van der Waals surface area (Å²) < 4.78 is 10.2. The molecule has 0 aliphatic carbocycles. The summed E-state index contributed by atoms with van der Waals surface area (Å²) in [4.78, 5) is 13.1. The standard InChI is InChI=1S/C13H19NO3S/c1-9(13(16-2)17-3)14-12(15)10-5-7-11(18-4)8-6-10/h5-9,13H,1-4H3,(H,14,15). The van der Waals surface area contributed by atoms with E-state index in [9.17, 15) is 4.79 Å². The van der Waals surface area contributed by atoms with Crippen LogP contribution in [0.25, 0.3) is 0 Å². The van der Waals surface area contributed by atoms with Gasteiger partial charge in [-0.2, -0.15) is 0 Å². The molecular formula is C13H19NO3S. The van der Waals surface area contributed by atoms with Gasteiger partial charge in [0.1, 0.15) is 0 Å². The first kappa shape index (κ1) is 15.0. The lowest BCUT2D eigenvalue weighted by Crippen LogP contribution is -2.42. The lowest BCUT2D eigenvalue weighted by Gasteiger charge is -2.22. The Kier molecular flexibility index (Phi) is 6.18.